The second-order valence-electron chi connectivity index (χ2n) is 2.70. The van der Waals surface area contributed by atoms with Crippen LogP contribution < -0.4 is 0 Å². The molecule has 0 aliphatic carbocycles. The van der Waals surface area contributed by atoms with Crippen LogP contribution in [0.2, 0.25) is 0 Å². The number of hydrogen-bond donors (Lipinski definition) is 1. The number of nitrogens with zero attached hydrogens (tertiary/aromatic N) is 2. The van der Waals surface area contributed by atoms with Crippen LogP contribution in [0.1, 0.15) is 5.69 Å². The van der Waals surface area contributed by atoms with E-state index in [1.807, 2.05) is 18.2 Å². The lowest BCUT2D eigenvalue weighted by atomic mass is 10.2. The fourth-order valence-corrected chi connectivity index (χ4v) is 1.60. The molecule has 0 radical (unpaired) electrons. The van der Waals surface area contributed by atoms with Crippen molar-refractivity contribution in [2.24, 2.45) is 0 Å². The summed E-state index contributed by atoms with van der Waals surface area (Å²) in [4.78, 5) is 0. The molecule has 0 spiro atoms. The maximum Gasteiger partial charge on any atom is 0.0935 e. The Labute approximate surface area is 83.5 Å². The Bertz CT molecular complexity index is 481. The molecule has 4 heteroatoms. The van der Waals surface area contributed by atoms with Gasteiger partial charge in [-0.3, -0.25) is 5.10 Å². The molecule has 0 unspecified atom stereocenters. The van der Waals surface area contributed by atoms with Crippen LogP contribution in [0.25, 0.3) is 10.9 Å². The molecule has 2 aromatic rings. The zero-order valence-electron chi connectivity index (χ0n) is 6.71. The molecule has 0 aliphatic heterocycles. The number of hydrogen-bond acceptors (Lipinski definition) is 2. The average Bonchev–Trinajstić information content (AvgIpc) is 2.49. The number of nitriles is 1. The average molecular weight is 236 g/mol. The third kappa shape index (κ3) is 1.43. The first-order valence-corrected chi connectivity index (χ1v) is 4.60. The second kappa shape index (κ2) is 3.19. The molecule has 0 saturated heterocycles. The molecular formula is C9H6BrN3. The van der Waals surface area contributed by atoms with Gasteiger partial charge in [-0.1, -0.05) is 15.9 Å². The maximum absolute atomic E-state index is 8.55. The summed E-state index contributed by atoms with van der Waals surface area (Å²) in [6, 6.07) is 7.91. The maximum atomic E-state index is 8.55. The minimum absolute atomic E-state index is 0.373. The van der Waals surface area contributed by atoms with E-state index in [2.05, 4.69) is 32.2 Å². The number of aromatic nitrogens is 2. The highest BCUT2D eigenvalue weighted by molar-refractivity contribution is 9.10. The van der Waals surface area contributed by atoms with Gasteiger partial charge in [0.05, 0.1) is 23.7 Å². The van der Waals surface area contributed by atoms with Crippen molar-refractivity contribution in [1.29, 1.82) is 5.26 Å². The van der Waals surface area contributed by atoms with Crippen molar-refractivity contribution in [1.82, 2.24) is 10.2 Å². The zero-order chi connectivity index (χ0) is 9.26. The predicted molar refractivity (Wildman–Crippen MR) is 53.1 cm³/mol. The predicted octanol–water partition coefficient (Wildman–Crippen LogP) is 2.39. The molecule has 0 saturated carbocycles. The van der Waals surface area contributed by atoms with Gasteiger partial charge >= 0.3 is 0 Å². The van der Waals surface area contributed by atoms with Crippen molar-refractivity contribution in [3.05, 3.63) is 28.4 Å². The van der Waals surface area contributed by atoms with E-state index in [0.717, 1.165) is 21.1 Å². The normalized spacial score (nSPS) is 10.2. The third-order valence-corrected chi connectivity index (χ3v) is 2.35. The Kier molecular flexibility index (Phi) is 2.03. The lowest BCUT2D eigenvalue weighted by Crippen LogP contribution is -1.80. The summed E-state index contributed by atoms with van der Waals surface area (Å²) in [5.41, 5.74) is 1.77. The van der Waals surface area contributed by atoms with E-state index in [0.29, 0.717) is 6.42 Å². The van der Waals surface area contributed by atoms with Crippen LogP contribution >= 0.6 is 15.9 Å². The molecule has 1 N–H and O–H groups in total. The topological polar surface area (TPSA) is 52.5 Å². The van der Waals surface area contributed by atoms with Gasteiger partial charge in [-0.25, -0.2) is 0 Å². The molecule has 1 heterocycles. The molecule has 1 aromatic heterocycles. The van der Waals surface area contributed by atoms with Gasteiger partial charge in [-0.05, 0) is 18.2 Å². The molecule has 0 amide bonds. The number of nitrogens with one attached hydrogen (secondary N) is 1. The summed E-state index contributed by atoms with van der Waals surface area (Å²) in [5, 5.41) is 16.5. The van der Waals surface area contributed by atoms with Crippen LogP contribution in [0.5, 0.6) is 0 Å². The Morgan fingerprint density at radius 3 is 3.15 bits per heavy atom. The van der Waals surface area contributed by atoms with Gasteiger partial charge in [0.2, 0.25) is 0 Å². The zero-order valence-corrected chi connectivity index (χ0v) is 8.30. The summed E-state index contributed by atoms with van der Waals surface area (Å²) in [6.45, 7) is 0. The van der Waals surface area contributed by atoms with Crippen LogP contribution in [-0.2, 0) is 6.42 Å². The minimum Gasteiger partial charge on any atom is -0.280 e. The highest BCUT2D eigenvalue weighted by Crippen LogP contribution is 2.20. The van der Waals surface area contributed by atoms with Crippen LogP contribution in [0.3, 0.4) is 0 Å². The van der Waals surface area contributed by atoms with E-state index in [1.54, 1.807) is 0 Å². The first kappa shape index (κ1) is 8.27. The van der Waals surface area contributed by atoms with E-state index in [9.17, 15) is 0 Å². The summed E-state index contributed by atoms with van der Waals surface area (Å²) in [6.07, 6.45) is 0.373. The van der Waals surface area contributed by atoms with Gasteiger partial charge in [0, 0.05) is 9.86 Å². The second-order valence-corrected chi connectivity index (χ2v) is 3.61. The largest absolute Gasteiger partial charge is 0.280 e. The standard InChI is InChI=1S/C9H6BrN3/c10-6-1-2-7-8(3-4-11)12-13-9(7)5-6/h1-2,5H,3H2,(H,12,13). The molecule has 2 rings (SSSR count). The fourth-order valence-electron chi connectivity index (χ4n) is 1.25. The highest BCUT2D eigenvalue weighted by Gasteiger charge is 2.03. The fraction of sp³-hybridized carbons (Fsp3) is 0.111. The SMILES string of the molecule is N#CCc1[nH]nc2cc(Br)ccc12. The smallest absolute Gasteiger partial charge is 0.0935 e. The summed E-state index contributed by atoms with van der Waals surface area (Å²) in [7, 11) is 0. The molecule has 3 nitrogen and oxygen atoms in total. The summed E-state index contributed by atoms with van der Waals surface area (Å²) in [5.74, 6) is 0. The molecule has 0 atom stereocenters. The van der Waals surface area contributed by atoms with Crippen molar-refractivity contribution in [2.75, 3.05) is 0 Å². The Balaban J connectivity index is 2.63. The van der Waals surface area contributed by atoms with Gasteiger partial charge < -0.3 is 0 Å². The van der Waals surface area contributed by atoms with Crippen LogP contribution in [0, 0.1) is 11.3 Å². The molecule has 64 valence electrons. The lowest BCUT2D eigenvalue weighted by molar-refractivity contribution is 1.03. The number of H-pyrrole nitrogens is 1. The number of aromatic amines is 1. The first-order valence-electron chi connectivity index (χ1n) is 3.80. The Hall–Kier alpha value is -1.34. The van der Waals surface area contributed by atoms with E-state index in [-0.39, 0.29) is 0 Å². The van der Waals surface area contributed by atoms with Gasteiger partial charge in [0.15, 0.2) is 0 Å². The molecule has 0 aliphatic rings. The van der Waals surface area contributed by atoms with Crippen molar-refractivity contribution in [2.45, 2.75) is 6.42 Å². The molecular weight excluding hydrogens is 230 g/mol. The number of benzene rings is 1. The molecule has 0 fully saturated rings. The van der Waals surface area contributed by atoms with E-state index >= 15 is 0 Å². The molecule has 1 aromatic carbocycles. The quantitative estimate of drug-likeness (QED) is 0.826. The van der Waals surface area contributed by atoms with Gasteiger partial charge in [0.1, 0.15) is 0 Å². The van der Waals surface area contributed by atoms with E-state index in [1.165, 1.54) is 0 Å². The number of fused-ring (bicyclic) bond motifs is 1. The monoisotopic (exact) mass is 235 g/mol. The van der Waals surface area contributed by atoms with Crippen LogP contribution in [-0.4, -0.2) is 10.2 Å². The van der Waals surface area contributed by atoms with Gasteiger partial charge in [-0.15, -0.1) is 0 Å². The first-order chi connectivity index (χ1) is 6.31. The van der Waals surface area contributed by atoms with Gasteiger partial charge in [0.25, 0.3) is 0 Å². The highest BCUT2D eigenvalue weighted by atomic mass is 79.9. The Morgan fingerprint density at radius 2 is 2.38 bits per heavy atom. The van der Waals surface area contributed by atoms with Gasteiger partial charge in [-0.2, -0.15) is 10.4 Å². The Morgan fingerprint density at radius 1 is 1.54 bits per heavy atom. The molecule has 0 bridgehead atoms. The lowest BCUT2D eigenvalue weighted by Gasteiger charge is -1.91. The number of rotatable bonds is 1. The van der Waals surface area contributed by atoms with Crippen LogP contribution in [0.15, 0.2) is 22.7 Å². The molecule has 13 heavy (non-hydrogen) atoms. The van der Waals surface area contributed by atoms with E-state index in [4.69, 9.17) is 5.26 Å². The van der Waals surface area contributed by atoms with Crippen LogP contribution in [0.4, 0.5) is 0 Å². The third-order valence-electron chi connectivity index (χ3n) is 1.85. The summed E-state index contributed by atoms with van der Waals surface area (Å²) < 4.78 is 0.995. The minimum atomic E-state index is 0.373. The van der Waals surface area contributed by atoms with E-state index < -0.39 is 0 Å². The van der Waals surface area contributed by atoms with Crippen molar-refractivity contribution in [3.8, 4) is 6.07 Å². The number of halogens is 1. The van der Waals surface area contributed by atoms with Crippen molar-refractivity contribution < 1.29 is 0 Å². The summed E-state index contributed by atoms with van der Waals surface area (Å²) >= 11 is 3.36. The van der Waals surface area contributed by atoms with Crippen molar-refractivity contribution in [3.63, 3.8) is 0 Å². The van der Waals surface area contributed by atoms with Crippen molar-refractivity contribution >= 4 is 26.8 Å².